The van der Waals surface area contributed by atoms with Gasteiger partial charge in [-0.2, -0.15) is 4.31 Å². The van der Waals surface area contributed by atoms with Crippen molar-refractivity contribution in [1.82, 2.24) is 9.21 Å². The third-order valence-corrected chi connectivity index (χ3v) is 9.41. The van der Waals surface area contributed by atoms with Crippen LogP contribution in [-0.4, -0.2) is 70.1 Å². The maximum absolute atomic E-state index is 13.8. The number of sulfonamides is 1. The molecule has 0 N–H and O–H groups in total. The first-order valence-electron chi connectivity index (χ1n) is 13.7. The monoisotopic (exact) mass is 598 g/mol. The summed E-state index contributed by atoms with van der Waals surface area (Å²) in [6, 6.07) is 19.0. The average Bonchev–Trinajstić information content (AvgIpc) is 3.65. The van der Waals surface area contributed by atoms with Gasteiger partial charge in [-0.15, -0.1) is 11.3 Å². The summed E-state index contributed by atoms with van der Waals surface area (Å²) >= 11 is 1.63. The normalized spacial score (nSPS) is 15.5. The lowest BCUT2D eigenvalue weighted by atomic mass is 10.1. The van der Waals surface area contributed by atoms with Gasteiger partial charge in [-0.3, -0.25) is 4.79 Å². The Kier molecular flexibility index (Phi) is 11.0. The number of thiophene rings is 1. The minimum atomic E-state index is -3.89. The van der Waals surface area contributed by atoms with Gasteiger partial charge < -0.3 is 19.1 Å². The van der Waals surface area contributed by atoms with Crippen molar-refractivity contribution in [2.45, 2.75) is 38.8 Å². The van der Waals surface area contributed by atoms with Crippen molar-refractivity contribution in [1.29, 1.82) is 0 Å². The van der Waals surface area contributed by atoms with Crippen LogP contribution in [-0.2, 0) is 32.5 Å². The number of hydrogen-bond donors (Lipinski definition) is 0. The molecule has 1 fully saturated rings. The number of rotatable bonds is 14. The molecule has 220 valence electrons. The highest BCUT2D eigenvalue weighted by Gasteiger charge is 2.30. The summed E-state index contributed by atoms with van der Waals surface area (Å²) in [4.78, 5) is 17.8. The number of carbonyl (C=O) groups is 1. The third kappa shape index (κ3) is 8.90. The summed E-state index contributed by atoms with van der Waals surface area (Å²) in [5.74, 6) is 0.999. The molecule has 1 atom stereocenters. The molecule has 0 radical (unpaired) electrons. The molecule has 0 bridgehead atoms. The van der Waals surface area contributed by atoms with Gasteiger partial charge in [0.15, 0.2) is 11.5 Å². The van der Waals surface area contributed by atoms with Gasteiger partial charge in [-0.25, -0.2) is 8.42 Å². The molecule has 41 heavy (non-hydrogen) atoms. The zero-order chi connectivity index (χ0) is 29.2. The predicted molar refractivity (Wildman–Crippen MR) is 163 cm³/mol. The lowest BCUT2D eigenvalue weighted by Gasteiger charge is -2.28. The summed E-state index contributed by atoms with van der Waals surface area (Å²) in [7, 11) is -0.713. The first-order valence-corrected chi connectivity index (χ1v) is 16.0. The van der Waals surface area contributed by atoms with Crippen LogP contribution in [0.4, 0.5) is 0 Å². The van der Waals surface area contributed by atoms with Gasteiger partial charge in [0, 0.05) is 34.9 Å². The van der Waals surface area contributed by atoms with E-state index in [1.165, 1.54) is 9.71 Å². The number of amides is 1. The fourth-order valence-electron chi connectivity index (χ4n) is 4.69. The summed E-state index contributed by atoms with van der Waals surface area (Å²) < 4.78 is 44.8. The van der Waals surface area contributed by atoms with Gasteiger partial charge >= 0.3 is 0 Å². The van der Waals surface area contributed by atoms with Gasteiger partial charge in [0.1, 0.15) is 0 Å². The van der Waals surface area contributed by atoms with E-state index in [0.717, 1.165) is 33.7 Å². The predicted octanol–water partition coefficient (Wildman–Crippen LogP) is 5.13. The Balaban J connectivity index is 1.54. The fraction of sp³-hybridized carbons (Fsp3) is 0.387. The van der Waals surface area contributed by atoms with Crippen LogP contribution in [0.25, 0.3) is 6.08 Å². The van der Waals surface area contributed by atoms with Crippen LogP contribution in [0.2, 0.25) is 0 Å². The molecule has 3 aromatic rings. The molecule has 1 aliphatic rings. The van der Waals surface area contributed by atoms with E-state index in [0.29, 0.717) is 37.6 Å². The summed E-state index contributed by atoms with van der Waals surface area (Å²) in [5.41, 5.74) is 1.75. The van der Waals surface area contributed by atoms with Crippen molar-refractivity contribution < 1.29 is 27.4 Å². The Morgan fingerprint density at radius 3 is 2.51 bits per heavy atom. The molecule has 10 heteroatoms. The number of benzene rings is 2. The lowest BCUT2D eigenvalue weighted by molar-refractivity contribution is -0.132. The van der Waals surface area contributed by atoms with Gasteiger partial charge in [-0.05, 0) is 67.7 Å². The molecule has 0 saturated carbocycles. The fourth-order valence-corrected chi connectivity index (χ4v) is 6.76. The van der Waals surface area contributed by atoms with E-state index in [9.17, 15) is 13.2 Å². The van der Waals surface area contributed by atoms with Crippen LogP contribution >= 0.6 is 11.3 Å². The molecule has 1 aliphatic heterocycles. The summed E-state index contributed by atoms with van der Waals surface area (Å²) in [5, 5.41) is 1.18. The minimum absolute atomic E-state index is 0.134. The van der Waals surface area contributed by atoms with E-state index in [1.54, 1.807) is 36.5 Å². The molecule has 0 spiro atoms. The van der Waals surface area contributed by atoms with E-state index in [4.69, 9.17) is 14.2 Å². The second-order valence-corrected chi connectivity index (χ2v) is 13.1. The summed E-state index contributed by atoms with van der Waals surface area (Å²) in [6.45, 7) is 3.31. The Bertz CT molecular complexity index is 1420. The van der Waals surface area contributed by atoms with Gasteiger partial charge in [0.25, 0.3) is 0 Å². The van der Waals surface area contributed by atoms with Crippen LogP contribution < -0.4 is 9.47 Å². The third-order valence-electron chi connectivity index (χ3n) is 6.95. The molecule has 1 saturated heterocycles. The lowest BCUT2D eigenvalue weighted by Crippen LogP contribution is -2.45. The largest absolute Gasteiger partial charge is 0.493 e. The van der Waals surface area contributed by atoms with E-state index < -0.39 is 10.0 Å². The second kappa shape index (κ2) is 14.6. The highest BCUT2D eigenvalue weighted by Crippen LogP contribution is 2.28. The average molecular weight is 599 g/mol. The van der Waals surface area contributed by atoms with Gasteiger partial charge in [0.2, 0.25) is 15.9 Å². The summed E-state index contributed by atoms with van der Waals surface area (Å²) in [6.07, 6.45) is 3.54. The minimum Gasteiger partial charge on any atom is -0.493 e. The molecular formula is C31H38N2O6S2. The number of methoxy groups -OCH3 is 2. The first-order chi connectivity index (χ1) is 19.8. The van der Waals surface area contributed by atoms with Gasteiger partial charge in [-0.1, -0.05) is 36.4 Å². The zero-order valence-corrected chi connectivity index (χ0v) is 25.5. The molecule has 1 amide bonds. The van der Waals surface area contributed by atoms with E-state index in [-0.39, 0.29) is 25.1 Å². The van der Waals surface area contributed by atoms with Crippen molar-refractivity contribution in [2.75, 3.05) is 40.5 Å². The van der Waals surface area contributed by atoms with E-state index in [1.807, 2.05) is 67.6 Å². The maximum Gasteiger partial charge on any atom is 0.238 e. The van der Waals surface area contributed by atoms with Crippen molar-refractivity contribution in [3.05, 3.63) is 87.0 Å². The Morgan fingerprint density at radius 2 is 1.85 bits per heavy atom. The quantitative estimate of drug-likeness (QED) is 0.256. The first kappa shape index (κ1) is 30.8. The zero-order valence-electron chi connectivity index (χ0n) is 23.8. The molecule has 4 rings (SSSR count). The number of nitrogens with zero attached hydrogens (tertiary/aromatic N) is 2. The molecule has 0 aliphatic carbocycles. The number of aryl methyl sites for hydroxylation is 1. The highest BCUT2D eigenvalue weighted by molar-refractivity contribution is 7.92. The van der Waals surface area contributed by atoms with Crippen LogP contribution in [0.15, 0.2) is 66.1 Å². The SMILES string of the molecule is COc1ccc(CCN(Cc2ccc(C)s2)C(=O)CN(CC2CCCO2)S(=O)(=O)C=Cc2ccccc2)cc1OC. The van der Waals surface area contributed by atoms with Gasteiger partial charge in [0.05, 0.1) is 33.4 Å². The standard InChI is InChI=1S/C31H38N2O6S2/c1-24-11-13-28(40-24)22-32(17-15-26-12-14-29(37-2)30(20-26)38-3)31(34)23-33(21-27-10-7-18-39-27)41(35,36)19-16-25-8-5-4-6-9-25/h4-6,8-9,11-14,16,19-20,27H,7,10,15,17-18,21-23H2,1-3H3. The van der Waals surface area contributed by atoms with Crippen molar-refractivity contribution in [2.24, 2.45) is 0 Å². The molecule has 1 unspecified atom stereocenters. The van der Waals surface area contributed by atoms with E-state index in [2.05, 4.69) is 0 Å². The number of ether oxygens (including phenoxy) is 3. The molecule has 1 aromatic heterocycles. The molecule has 2 aromatic carbocycles. The van der Waals surface area contributed by atoms with Crippen LogP contribution in [0.1, 0.15) is 33.7 Å². The van der Waals surface area contributed by atoms with Crippen LogP contribution in [0.5, 0.6) is 11.5 Å². The molecular weight excluding hydrogens is 560 g/mol. The molecule has 2 heterocycles. The van der Waals surface area contributed by atoms with Crippen molar-refractivity contribution in [3.63, 3.8) is 0 Å². The number of carbonyl (C=O) groups excluding carboxylic acids is 1. The maximum atomic E-state index is 13.8. The Morgan fingerprint density at radius 1 is 1.07 bits per heavy atom. The molecule has 8 nitrogen and oxygen atoms in total. The van der Waals surface area contributed by atoms with Crippen LogP contribution in [0.3, 0.4) is 0 Å². The highest BCUT2D eigenvalue weighted by atomic mass is 32.2. The van der Waals surface area contributed by atoms with Crippen molar-refractivity contribution >= 4 is 33.3 Å². The number of hydrogen-bond acceptors (Lipinski definition) is 7. The topological polar surface area (TPSA) is 85.4 Å². The van der Waals surface area contributed by atoms with Crippen molar-refractivity contribution in [3.8, 4) is 11.5 Å². The smallest absolute Gasteiger partial charge is 0.238 e. The Labute approximate surface area is 247 Å². The van der Waals surface area contributed by atoms with Crippen LogP contribution in [0, 0.1) is 6.92 Å². The Hall–Kier alpha value is -3.18. The second-order valence-electron chi connectivity index (χ2n) is 9.95. The van der Waals surface area contributed by atoms with E-state index >= 15 is 0 Å².